The summed E-state index contributed by atoms with van der Waals surface area (Å²) in [6.45, 7) is 0. The van der Waals surface area contributed by atoms with Gasteiger partial charge in [0.25, 0.3) is 0 Å². The van der Waals surface area contributed by atoms with Crippen LogP contribution >= 0.6 is 11.8 Å². The molecule has 0 amide bonds. The van der Waals surface area contributed by atoms with Gasteiger partial charge in [-0.05, 0) is 69.6 Å². The molecule has 8 aromatic rings. The van der Waals surface area contributed by atoms with Gasteiger partial charge in [0.15, 0.2) is 0 Å². The standard InChI is InChI=1S/C40H25NS/c1-3-11-26(12-4-1)29-22-24-38-39-32(29)17-10-18-33(39)35-25-27(21-23-37(35)42-38)30-16-9-19-34-31-15-7-8-20-36(31)41(40(30)34)28-13-5-2-6-14-28/h1-25H. The fourth-order valence-electron chi connectivity index (χ4n) is 6.77. The van der Waals surface area contributed by atoms with Crippen molar-refractivity contribution in [2.45, 2.75) is 9.79 Å². The minimum absolute atomic E-state index is 1.18. The number of para-hydroxylation sites is 3. The summed E-state index contributed by atoms with van der Waals surface area (Å²) in [5, 5.41) is 5.22. The molecule has 0 spiro atoms. The Morgan fingerprint density at radius 2 is 1.10 bits per heavy atom. The van der Waals surface area contributed by atoms with Gasteiger partial charge in [-0.25, -0.2) is 0 Å². The van der Waals surface area contributed by atoms with E-state index in [1.54, 1.807) is 0 Å². The van der Waals surface area contributed by atoms with Crippen LogP contribution in [-0.2, 0) is 0 Å². The highest BCUT2D eigenvalue weighted by Crippen LogP contribution is 2.51. The molecule has 0 saturated carbocycles. The molecule has 0 radical (unpaired) electrons. The van der Waals surface area contributed by atoms with Crippen LogP contribution in [-0.4, -0.2) is 4.57 Å². The van der Waals surface area contributed by atoms with Gasteiger partial charge in [0.1, 0.15) is 0 Å². The normalized spacial score (nSPS) is 12.2. The Labute approximate surface area is 248 Å². The average molecular weight is 552 g/mol. The monoisotopic (exact) mass is 551 g/mol. The summed E-state index contributed by atoms with van der Waals surface area (Å²) in [5.74, 6) is 0. The third-order valence-corrected chi connectivity index (χ3v) is 9.73. The van der Waals surface area contributed by atoms with E-state index in [-0.39, 0.29) is 0 Å². The van der Waals surface area contributed by atoms with Crippen molar-refractivity contribution in [1.29, 1.82) is 0 Å². The average Bonchev–Trinajstić information content (AvgIpc) is 3.40. The molecule has 0 bridgehead atoms. The van der Waals surface area contributed by atoms with Crippen LogP contribution in [0, 0.1) is 0 Å². The summed E-state index contributed by atoms with van der Waals surface area (Å²) in [5.41, 5.74) is 11.3. The number of rotatable bonds is 3. The smallest absolute Gasteiger partial charge is 0.0619 e. The van der Waals surface area contributed by atoms with E-state index in [0.717, 1.165) is 0 Å². The first-order valence-corrected chi connectivity index (χ1v) is 15.2. The van der Waals surface area contributed by atoms with Gasteiger partial charge in [0.05, 0.1) is 11.0 Å². The summed E-state index contributed by atoms with van der Waals surface area (Å²) in [6, 6.07) is 55.4. The van der Waals surface area contributed by atoms with Crippen LogP contribution in [0.2, 0.25) is 0 Å². The molecule has 1 aliphatic heterocycles. The number of benzene rings is 7. The zero-order chi connectivity index (χ0) is 27.6. The van der Waals surface area contributed by atoms with Crippen LogP contribution in [0.3, 0.4) is 0 Å². The lowest BCUT2D eigenvalue weighted by molar-refractivity contribution is 1.18. The van der Waals surface area contributed by atoms with Crippen LogP contribution in [0.15, 0.2) is 161 Å². The van der Waals surface area contributed by atoms with E-state index >= 15 is 0 Å². The fraction of sp³-hybridized carbons (Fsp3) is 0. The topological polar surface area (TPSA) is 4.93 Å². The molecule has 0 atom stereocenters. The summed E-state index contributed by atoms with van der Waals surface area (Å²) >= 11 is 1.88. The zero-order valence-electron chi connectivity index (χ0n) is 22.8. The molecule has 2 heteroatoms. The maximum Gasteiger partial charge on any atom is 0.0619 e. The van der Waals surface area contributed by atoms with Gasteiger partial charge >= 0.3 is 0 Å². The predicted octanol–water partition coefficient (Wildman–Crippen LogP) is 11.4. The lowest BCUT2D eigenvalue weighted by Crippen LogP contribution is -1.97. The van der Waals surface area contributed by atoms with Crippen LogP contribution < -0.4 is 0 Å². The third-order valence-electron chi connectivity index (χ3n) is 8.60. The molecule has 196 valence electrons. The Hall–Kier alpha value is -5.05. The van der Waals surface area contributed by atoms with Crippen molar-refractivity contribution in [1.82, 2.24) is 4.57 Å². The van der Waals surface area contributed by atoms with E-state index in [1.807, 2.05) is 11.8 Å². The van der Waals surface area contributed by atoms with Gasteiger partial charge in [0, 0.05) is 37.2 Å². The van der Waals surface area contributed by atoms with Gasteiger partial charge in [-0.15, -0.1) is 0 Å². The first-order chi connectivity index (χ1) is 20.8. The third kappa shape index (κ3) is 3.46. The maximum absolute atomic E-state index is 2.43. The Balaban J connectivity index is 1.30. The number of hydrogen-bond donors (Lipinski definition) is 0. The lowest BCUT2D eigenvalue weighted by Gasteiger charge is -2.23. The Morgan fingerprint density at radius 3 is 1.95 bits per heavy atom. The molecule has 0 N–H and O–H groups in total. The Bertz CT molecular complexity index is 2310. The molecule has 1 nitrogen and oxygen atoms in total. The molecule has 0 aliphatic carbocycles. The van der Waals surface area contributed by atoms with Crippen LogP contribution in [0.25, 0.3) is 71.6 Å². The van der Waals surface area contributed by atoms with Crippen molar-refractivity contribution in [3.63, 3.8) is 0 Å². The molecule has 0 saturated heterocycles. The molecule has 0 fully saturated rings. The molecular formula is C40H25NS. The molecule has 0 unspecified atom stereocenters. The number of hydrogen-bond acceptors (Lipinski definition) is 1. The quantitative estimate of drug-likeness (QED) is 0.211. The van der Waals surface area contributed by atoms with Gasteiger partial charge in [-0.2, -0.15) is 0 Å². The highest BCUT2D eigenvalue weighted by Gasteiger charge is 2.22. The minimum Gasteiger partial charge on any atom is -0.309 e. The summed E-state index contributed by atoms with van der Waals surface area (Å²) in [6.07, 6.45) is 0. The predicted molar refractivity (Wildman–Crippen MR) is 179 cm³/mol. The highest BCUT2D eigenvalue weighted by atomic mass is 32.2. The fourth-order valence-corrected chi connectivity index (χ4v) is 7.88. The van der Waals surface area contributed by atoms with Crippen LogP contribution in [0.4, 0.5) is 0 Å². The highest BCUT2D eigenvalue weighted by molar-refractivity contribution is 7.99. The Morgan fingerprint density at radius 1 is 0.405 bits per heavy atom. The van der Waals surface area contributed by atoms with E-state index in [1.165, 1.54) is 81.4 Å². The lowest BCUT2D eigenvalue weighted by atomic mass is 9.91. The van der Waals surface area contributed by atoms with Crippen molar-refractivity contribution in [3.05, 3.63) is 152 Å². The second kappa shape index (κ2) is 9.24. The first kappa shape index (κ1) is 23.6. The van der Waals surface area contributed by atoms with Crippen molar-refractivity contribution < 1.29 is 0 Å². The number of fused-ring (bicyclic) bond motifs is 5. The molecule has 2 heterocycles. The number of aromatic nitrogens is 1. The van der Waals surface area contributed by atoms with E-state index in [9.17, 15) is 0 Å². The minimum atomic E-state index is 1.18. The van der Waals surface area contributed by atoms with Crippen LogP contribution in [0.5, 0.6) is 0 Å². The van der Waals surface area contributed by atoms with E-state index in [0.29, 0.717) is 0 Å². The molecule has 1 aliphatic rings. The van der Waals surface area contributed by atoms with E-state index in [4.69, 9.17) is 0 Å². The van der Waals surface area contributed by atoms with Crippen LogP contribution in [0.1, 0.15) is 0 Å². The SMILES string of the molecule is c1ccc(-c2ccc3c4c(cccc24)-c2cc(-c4cccc5c6ccccc6n(-c6ccccc6)c45)ccc2S3)cc1. The summed E-state index contributed by atoms with van der Waals surface area (Å²) < 4.78 is 2.43. The van der Waals surface area contributed by atoms with Gasteiger partial charge in [-0.1, -0.05) is 127 Å². The molecule has 42 heavy (non-hydrogen) atoms. The zero-order valence-corrected chi connectivity index (χ0v) is 23.6. The Kier molecular flexibility index (Phi) is 5.20. The van der Waals surface area contributed by atoms with Gasteiger partial charge < -0.3 is 4.57 Å². The summed E-state index contributed by atoms with van der Waals surface area (Å²) in [7, 11) is 0. The second-order valence-corrected chi connectivity index (χ2v) is 12.0. The first-order valence-electron chi connectivity index (χ1n) is 14.4. The van der Waals surface area contributed by atoms with E-state index < -0.39 is 0 Å². The van der Waals surface area contributed by atoms with E-state index in [2.05, 4.69) is 156 Å². The van der Waals surface area contributed by atoms with Crippen molar-refractivity contribution in [2.75, 3.05) is 0 Å². The van der Waals surface area contributed by atoms with Crippen molar-refractivity contribution in [2.24, 2.45) is 0 Å². The molecular weight excluding hydrogens is 527 g/mol. The van der Waals surface area contributed by atoms with Crippen molar-refractivity contribution in [3.8, 4) is 39.1 Å². The summed E-state index contributed by atoms with van der Waals surface area (Å²) in [4.78, 5) is 2.63. The number of nitrogens with zero attached hydrogens (tertiary/aromatic N) is 1. The molecule has 7 aromatic carbocycles. The van der Waals surface area contributed by atoms with Gasteiger partial charge in [0.2, 0.25) is 0 Å². The molecule has 1 aromatic heterocycles. The van der Waals surface area contributed by atoms with Crippen molar-refractivity contribution >= 4 is 44.3 Å². The van der Waals surface area contributed by atoms with Gasteiger partial charge in [-0.3, -0.25) is 0 Å². The second-order valence-electron chi connectivity index (χ2n) is 10.9. The maximum atomic E-state index is 2.43. The molecule has 9 rings (SSSR count). The largest absolute Gasteiger partial charge is 0.309 e.